The van der Waals surface area contributed by atoms with Gasteiger partial charge in [0.15, 0.2) is 0 Å². The van der Waals surface area contributed by atoms with Gasteiger partial charge in [0.05, 0.1) is 6.10 Å². The lowest BCUT2D eigenvalue weighted by molar-refractivity contribution is 0.152. The fourth-order valence-electron chi connectivity index (χ4n) is 1.27. The Bertz CT molecular complexity index is 297. The molecule has 2 atom stereocenters. The van der Waals surface area contributed by atoms with Gasteiger partial charge < -0.3 is 15.9 Å². The number of phenolic OH excluding ortho intramolecular Hbond substituents is 1. The Hall–Kier alpha value is -1.06. The van der Waals surface area contributed by atoms with Crippen LogP contribution in [0.2, 0.25) is 0 Å². The van der Waals surface area contributed by atoms with Crippen LogP contribution in [0.15, 0.2) is 18.2 Å². The van der Waals surface area contributed by atoms with Crippen molar-refractivity contribution in [3.8, 4) is 5.75 Å². The number of aromatic hydroxyl groups is 1. The maximum Gasteiger partial charge on any atom is 0.115 e. The Morgan fingerprint density at radius 3 is 2.46 bits per heavy atom. The number of aliphatic hydroxyl groups is 1. The van der Waals surface area contributed by atoms with Gasteiger partial charge in [-0.1, -0.05) is 6.07 Å². The van der Waals surface area contributed by atoms with Crippen molar-refractivity contribution >= 4 is 0 Å². The van der Waals surface area contributed by atoms with Gasteiger partial charge in [0.25, 0.3) is 0 Å². The second-order valence-electron chi connectivity index (χ2n) is 3.34. The van der Waals surface area contributed by atoms with Gasteiger partial charge in [-0.05, 0) is 37.1 Å². The highest BCUT2D eigenvalue weighted by atomic mass is 16.3. The molecule has 0 aliphatic rings. The summed E-state index contributed by atoms with van der Waals surface area (Å²) in [5.41, 5.74) is 7.19. The van der Waals surface area contributed by atoms with Gasteiger partial charge in [-0.25, -0.2) is 0 Å². The van der Waals surface area contributed by atoms with Gasteiger partial charge >= 0.3 is 0 Å². The van der Waals surface area contributed by atoms with E-state index < -0.39 is 6.10 Å². The molecule has 72 valence electrons. The first-order valence-electron chi connectivity index (χ1n) is 4.25. The summed E-state index contributed by atoms with van der Waals surface area (Å²) in [5, 5.41) is 18.8. The molecule has 0 aromatic heterocycles. The third kappa shape index (κ3) is 2.20. The maximum absolute atomic E-state index is 9.66. The largest absolute Gasteiger partial charge is 0.508 e. The fraction of sp³-hybridized carbons (Fsp3) is 0.400. The molecule has 0 saturated carbocycles. The number of phenols is 1. The lowest BCUT2D eigenvalue weighted by atomic mass is 9.99. The van der Waals surface area contributed by atoms with Crippen molar-refractivity contribution in [2.45, 2.75) is 26.0 Å². The Morgan fingerprint density at radius 2 is 2.00 bits per heavy atom. The van der Waals surface area contributed by atoms with Gasteiger partial charge in [-0.3, -0.25) is 0 Å². The van der Waals surface area contributed by atoms with Crippen LogP contribution < -0.4 is 5.73 Å². The van der Waals surface area contributed by atoms with Crippen molar-refractivity contribution in [3.05, 3.63) is 29.3 Å². The van der Waals surface area contributed by atoms with E-state index in [1.807, 2.05) is 6.92 Å². The highest BCUT2D eigenvalue weighted by Gasteiger charge is 2.14. The molecule has 0 radical (unpaired) electrons. The van der Waals surface area contributed by atoms with E-state index in [1.54, 1.807) is 25.1 Å². The summed E-state index contributed by atoms with van der Waals surface area (Å²) in [4.78, 5) is 0. The molecule has 0 spiro atoms. The second kappa shape index (κ2) is 3.77. The first-order valence-corrected chi connectivity index (χ1v) is 4.25. The summed E-state index contributed by atoms with van der Waals surface area (Å²) < 4.78 is 0. The SMILES string of the molecule is Cc1cc(O)ccc1C(O)C(C)N. The minimum Gasteiger partial charge on any atom is -0.508 e. The van der Waals surface area contributed by atoms with E-state index >= 15 is 0 Å². The van der Waals surface area contributed by atoms with Crippen LogP contribution in [0, 0.1) is 6.92 Å². The maximum atomic E-state index is 9.66. The van der Waals surface area contributed by atoms with Crippen LogP contribution in [0.25, 0.3) is 0 Å². The number of aliphatic hydroxyl groups excluding tert-OH is 1. The van der Waals surface area contributed by atoms with Gasteiger partial charge in [-0.2, -0.15) is 0 Å². The fourth-order valence-corrected chi connectivity index (χ4v) is 1.27. The third-order valence-electron chi connectivity index (χ3n) is 2.07. The van der Waals surface area contributed by atoms with Crippen LogP contribution in [-0.4, -0.2) is 16.3 Å². The molecule has 1 aromatic rings. The molecule has 3 heteroatoms. The zero-order chi connectivity index (χ0) is 10.0. The summed E-state index contributed by atoms with van der Waals surface area (Å²) in [7, 11) is 0. The predicted octanol–water partition coefficient (Wildman–Crippen LogP) is 1.08. The van der Waals surface area contributed by atoms with Gasteiger partial charge in [0, 0.05) is 6.04 Å². The molecule has 1 aromatic carbocycles. The summed E-state index contributed by atoms with van der Waals surface area (Å²) in [5.74, 6) is 0.207. The molecule has 0 aliphatic carbocycles. The average Bonchev–Trinajstić information content (AvgIpc) is 2.03. The average molecular weight is 181 g/mol. The second-order valence-corrected chi connectivity index (χ2v) is 3.34. The summed E-state index contributed by atoms with van der Waals surface area (Å²) in [6.45, 7) is 3.58. The van der Waals surface area contributed by atoms with E-state index in [2.05, 4.69) is 0 Å². The standard InChI is InChI=1S/C10H15NO2/c1-6-5-8(12)3-4-9(6)10(13)7(2)11/h3-5,7,10,12-13H,11H2,1-2H3. The van der Waals surface area contributed by atoms with E-state index in [9.17, 15) is 5.11 Å². The Balaban J connectivity index is 3.01. The van der Waals surface area contributed by atoms with E-state index in [0.717, 1.165) is 11.1 Å². The predicted molar refractivity (Wildman–Crippen MR) is 51.5 cm³/mol. The lowest BCUT2D eigenvalue weighted by Crippen LogP contribution is -2.24. The molecule has 13 heavy (non-hydrogen) atoms. The number of hydrogen-bond acceptors (Lipinski definition) is 3. The quantitative estimate of drug-likeness (QED) is 0.639. The van der Waals surface area contributed by atoms with E-state index in [1.165, 1.54) is 0 Å². The molecular formula is C10H15NO2. The minimum absolute atomic E-state index is 0.207. The number of nitrogens with two attached hydrogens (primary N) is 1. The first-order chi connectivity index (χ1) is 6.02. The van der Waals surface area contributed by atoms with Gasteiger partial charge in [0.2, 0.25) is 0 Å². The topological polar surface area (TPSA) is 66.5 Å². The summed E-state index contributed by atoms with van der Waals surface area (Å²) in [6, 6.07) is 4.55. The normalized spacial score (nSPS) is 15.4. The molecular weight excluding hydrogens is 166 g/mol. The third-order valence-corrected chi connectivity index (χ3v) is 2.07. The van der Waals surface area contributed by atoms with E-state index in [-0.39, 0.29) is 11.8 Å². The van der Waals surface area contributed by atoms with Crippen LogP contribution in [0.4, 0.5) is 0 Å². The van der Waals surface area contributed by atoms with Crippen molar-refractivity contribution in [2.75, 3.05) is 0 Å². The van der Waals surface area contributed by atoms with Crippen molar-refractivity contribution in [3.63, 3.8) is 0 Å². The summed E-state index contributed by atoms with van der Waals surface area (Å²) in [6.07, 6.45) is -0.666. The molecule has 2 unspecified atom stereocenters. The molecule has 0 bridgehead atoms. The van der Waals surface area contributed by atoms with Crippen molar-refractivity contribution in [2.24, 2.45) is 5.73 Å². The molecule has 0 heterocycles. The van der Waals surface area contributed by atoms with Gasteiger partial charge in [0.1, 0.15) is 5.75 Å². The number of benzene rings is 1. The molecule has 0 saturated heterocycles. The van der Waals surface area contributed by atoms with E-state index in [4.69, 9.17) is 10.8 Å². The van der Waals surface area contributed by atoms with Crippen LogP contribution in [0.5, 0.6) is 5.75 Å². The van der Waals surface area contributed by atoms with E-state index in [0.29, 0.717) is 0 Å². The van der Waals surface area contributed by atoms with Crippen molar-refractivity contribution in [1.82, 2.24) is 0 Å². The number of hydrogen-bond donors (Lipinski definition) is 3. The van der Waals surface area contributed by atoms with Crippen LogP contribution in [-0.2, 0) is 0 Å². The molecule has 0 amide bonds. The number of rotatable bonds is 2. The molecule has 1 rings (SSSR count). The first kappa shape index (κ1) is 10.0. The Morgan fingerprint density at radius 1 is 1.38 bits per heavy atom. The smallest absolute Gasteiger partial charge is 0.115 e. The zero-order valence-electron chi connectivity index (χ0n) is 7.86. The molecule has 0 aliphatic heterocycles. The zero-order valence-corrected chi connectivity index (χ0v) is 7.86. The summed E-state index contributed by atoms with van der Waals surface area (Å²) >= 11 is 0. The monoisotopic (exact) mass is 181 g/mol. The lowest BCUT2D eigenvalue weighted by Gasteiger charge is -2.17. The molecule has 4 N–H and O–H groups in total. The molecule has 0 fully saturated rings. The van der Waals surface area contributed by atoms with Crippen molar-refractivity contribution < 1.29 is 10.2 Å². The van der Waals surface area contributed by atoms with Crippen molar-refractivity contribution in [1.29, 1.82) is 0 Å². The van der Waals surface area contributed by atoms with Crippen LogP contribution >= 0.6 is 0 Å². The number of aryl methyl sites for hydroxylation is 1. The Labute approximate surface area is 77.8 Å². The van der Waals surface area contributed by atoms with Crippen LogP contribution in [0.1, 0.15) is 24.2 Å². The van der Waals surface area contributed by atoms with Crippen LogP contribution in [0.3, 0.4) is 0 Å². The Kier molecular flexibility index (Phi) is 2.90. The highest BCUT2D eigenvalue weighted by Crippen LogP contribution is 2.23. The highest BCUT2D eigenvalue weighted by molar-refractivity contribution is 5.35. The van der Waals surface area contributed by atoms with Gasteiger partial charge in [-0.15, -0.1) is 0 Å². The molecule has 3 nitrogen and oxygen atoms in total. The minimum atomic E-state index is -0.666.